The molecule has 3 nitrogen and oxygen atoms in total. The van der Waals surface area contributed by atoms with Crippen LogP contribution >= 0.6 is 0 Å². The molecule has 0 saturated heterocycles. The van der Waals surface area contributed by atoms with E-state index in [0.29, 0.717) is 0 Å². The summed E-state index contributed by atoms with van der Waals surface area (Å²) in [6, 6.07) is 0. The fourth-order valence-corrected chi connectivity index (χ4v) is 0. The summed E-state index contributed by atoms with van der Waals surface area (Å²) >= 11 is 0. The maximum absolute atomic E-state index is 10.4. The quantitative estimate of drug-likeness (QED) is 0.279. The van der Waals surface area contributed by atoms with Crippen LogP contribution in [0.3, 0.4) is 0 Å². The van der Waals surface area contributed by atoms with Crippen LogP contribution in [0.1, 0.15) is 0 Å². The molecule has 0 spiro atoms. The summed E-state index contributed by atoms with van der Waals surface area (Å²) in [6.45, 7) is 0. The number of rotatable bonds is 0. The maximum Gasteiger partial charge on any atom is 1.00 e. The van der Waals surface area contributed by atoms with Gasteiger partial charge in [0.05, 0.1) is 5.34 Å². The molecule has 0 aliphatic carbocycles. The molecule has 0 radical (unpaired) electrons. The van der Waals surface area contributed by atoms with Crippen molar-refractivity contribution in [2.75, 3.05) is 0 Å². The van der Waals surface area contributed by atoms with Crippen LogP contribution in [0.2, 0.25) is 0 Å². The van der Waals surface area contributed by atoms with Crippen molar-refractivity contribution in [3.8, 4) is 0 Å². The second-order valence-corrected chi connectivity index (χ2v) is 0.548. The summed E-state index contributed by atoms with van der Waals surface area (Å²) in [5, 5.41) is 6.12. The van der Waals surface area contributed by atoms with Crippen LogP contribution in [0.5, 0.6) is 0 Å². The Labute approximate surface area is 72.2 Å². The summed E-state index contributed by atoms with van der Waals surface area (Å²) in [7, 11) is 0. The Bertz CT molecular complexity index is 71.1. The normalized spacial score (nSPS) is 6.88. The smallest absolute Gasteiger partial charge is 1.00 e. The predicted octanol–water partition coefficient (Wildman–Crippen LogP) is -8.01. The molecule has 0 aliphatic rings. The molecule has 0 saturated carbocycles. The number of carbonyl (C=O) groups excluding carboxylic acids is 1. The summed E-state index contributed by atoms with van der Waals surface area (Å²) in [6.07, 6.45) is -2.41. The fourth-order valence-electron chi connectivity index (χ4n) is 0. The van der Waals surface area contributed by atoms with Gasteiger partial charge in [0.2, 0.25) is 0 Å². The van der Waals surface area contributed by atoms with Gasteiger partial charge >= 0.3 is 35.7 Å². The third-order valence-electron chi connectivity index (χ3n) is 0.154. The molecule has 0 heterocycles. The van der Waals surface area contributed by atoms with Gasteiger partial charge in [0.15, 0.2) is 0 Å². The monoisotopic (exact) mass is 155 g/mol. The number of hydrogen-bond acceptors (Lipinski definition) is 2. The van der Waals surface area contributed by atoms with Crippen molar-refractivity contribution in [1.29, 1.82) is 0 Å². The molecule has 0 fully saturated rings. The molecule has 1 N–H and O–H groups in total. The van der Waals surface area contributed by atoms with Gasteiger partial charge in [-0.15, -0.1) is 0 Å². The van der Waals surface area contributed by atoms with Gasteiger partial charge in [-0.2, -0.15) is 0 Å². The molecule has 0 atom stereocenters. The van der Waals surface area contributed by atoms with Crippen LogP contribution in [-0.2, 0) is 0 Å². The Balaban J connectivity index is -0.000000125. The Morgan fingerprint density at radius 1 is 1.50 bits per heavy atom. The molecule has 8 heavy (non-hydrogen) atoms. The van der Waals surface area contributed by atoms with E-state index >= 15 is 0 Å². The SMILES string of the molecule is O=C([O-])[NH+](F)F.[Cl-].[Na+]. The second kappa shape index (κ2) is 7.58. The molecule has 1 amide bonds. The third-order valence-corrected chi connectivity index (χ3v) is 0.154. The zero-order valence-corrected chi connectivity index (χ0v) is 6.71. The average molecular weight is 155 g/mol. The number of amides is 1. The number of quaternary nitrogens is 1. The van der Waals surface area contributed by atoms with Gasteiger partial charge in [-0.3, -0.25) is 0 Å². The molecule has 0 aromatic heterocycles. The zero-order chi connectivity index (χ0) is 5.15. The summed E-state index contributed by atoms with van der Waals surface area (Å²) < 4.78 is 20.8. The Hall–Kier alpha value is 0.580. The molecule has 0 aromatic rings. The van der Waals surface area contributed by atoms with Gasteiger partial charge in [-0.1, -0.05) is 0 Å². The van der Waals surface area contributed by atoms with Gasteiger partial charge in [0, 0.05) is 8.96 Å². The van der Waals surface area contributed by atoms with Crippen molar-refractivity contribution in [3.63, 3.8) is 0 Å². The molecule has 0 unspecified atom stereocenters. The minimum atomic E-state index is -2.69. The average Bonchev–Trinajstić information content (AvgIpc) is 1.36. The van der Waals surface area contributed by atoms with E-state index in [1.165, 1.54) is 0 Å². The number of carboxylic acid groups (broad SMARTS) is 1. The molecule has 0 aliphatic heterocycles. The molecule has 0 bridgehead atoms. The molecule has 0 rings (SSSR count). The first-order valence-corrected chi connectivity index (χ1v) is 1.04. The Morgan fingerprint density at radius 2 is 1.62 bits per heavy atom. The van der Waals surface area contributed by atoms with E-state index in [2.05, 4.69) is 0 Å². The standard InChI is InChI=1S/CHF2NO2.ClH.Na/c2-4(3)1(5)6;;/h(H,5,6);1H;/q;;+1/p-1. The van der Waals surface area contributed by atoms with E-state index < -0.39 is 11.4 Å². The largest absolute Gasteiger partial charge is 1.00 e. The van der Waals surface area contributed by atoms with Gasteiger partial charge in [0.1, 0.15) is 0 Å². The first-order valence-electron chi connectivity index (χ1n) is 1.04. The van der Waals surface area contributed by atoms with Crippen molar-refractivity contribution < 1.29 is 66.2 Å². The summed E-state index contributed by atoms with van der Waals surface area (Å²) in [5.74, 6) is 0. The van der Waals surface area contributed by atoms with Crippen molar-refractivity contribution >= 4 is 6.09 Å². The summed E-state index contributed by atoms with van der Waals surface area (Å²) in [4.78, 5) is 8.80. The maximum atomic E-state index is 10.4. The minimum absolute atomic E-state index is 0. The van der Waals surface area contributed by atoms with E-state index in [1.807, 2.05) is 0 Å². The van der Waals surface area contributed by atoms with Gasteiger partial charge < -0.3 is 22.3 Å². The van der Waals surface area contributed by atoms with Crippen LogP contribution in [0.25, 0.3) is 0 Å². The van der Waals surface area contributed by atoms with E-state index in [9.17, 15) is 8.96 Å². The van der Waals surface area contributed by atoms with Crippen LogP contribution in [0, 0.1) is 0 Å². The van der Waals surface area contributed by atoms with E-state index in [-0.39, 0.29) is 42.0 Å². The number of hydrogen-bond donors (Lipinski definition) is 1. The summed E-state index contributed by atoms with van der Waals surface area (Å²) in [5.41, 5.74) is 0. The van der Waals surface area contributed by atoms with Crippen LogP contribution in [-0.4, -0.2) is 6.09 Å². The fraction of sp³-hybridized carbons (Fsp3) is 0. The van der Waals surface area contributed by atoms with Crippen molar-refractivity contribution in [1.82, 2.24) is 0 Å². The van der Waals surface area contributed by atoms with Crippen LogP contribution in [0.4, 0.5) is 13.8 Å². The molecule has 44 valence electrons. The zero-order valence-electron chi connectivity index (χ0n) is 3.95. The number of carbonyl (C=O) groups is 1. The molecular formula is CHClF2NNaO2. The minimum Gasteiger partial charge on any atom is -1.00 e. The Kier molecular flexibility index (Phi) is 15.0. The van der Waals surface area contributed by atoms with Crippen LogP contribution in [0.15, 0.2) is 0 Å². The topological polar surface area (TPSA) is 44.6 Å². The Morgan fingerprint density at radius 3 is 1.62 bits per heavy atom. The first kappa shape index (κ1) is 15.8. The number of nitrogens with one attached hydrogen (secondary N) is 1. The van der Waals surface area contributed by atoms with Crippen molar-refractivity contribution in [2.45, 2.75) is 0 Å². The second-order valence-electron chi connectivity index (χ2n) is 0.548. The van der Waals surface area contributed by atoms with Crippen LogP contribution < -0.4 is 52.4 Å². The van der Waals surface area contributed by atoms with E-state index in [1.54, 1.807) is 0 Å². The van der Waals surface area contributed by atoms with Gasteiger partial charge in [0.25, 0.3) is 0 Å². The van der Waals surface area contributed by atoms with Crippen molar-refractivity contribution in [3.05, 3.63) is 0 Å². The molecular weight excluding hydrogens is 154 g/mol. The van der Waals surface area contributed by atoms with E-state index in [0.717, 1.165) is 0 Å². The molecule has 0 aromatic carbocycles. The van der Waals surface area contributed by atoms with Crippen molar-refractivity contribution in [2.24, 2.45) is 0 Å². The molecule has 7 heteroatoms. The van der Waals surface area contributed by atoms with Gasteiger partial charge in [-0.25, -0.2) is 0 Å². The van der Waals surface area contributed by atoms with Gasteiger partial charge in [-0.05, 0) is 0 Å². The first-order chi connectivity index (χ1) is 2.64. The predicted molar refractivity (Wildman–Crippen MR) is 8.57 cm³/mol. The van der Waals surface area contributed by atoms with E-state index in [4.69, 9.17) is 9.90 Å². The third kappa shape index (κ3) is 9.77. The number of halogens is 3.